The largest absolute Gasteiger partial charge is 0.493 e. The summed E-state index contributed by atoms with van der Waals surface area (Å²) in [5.41, 5.74) is 7.74. The highest BCUT2D eigenvalue weighted by Gasteiger charge is 2.04. The van der Waals surface area contributed by atoms with Gasteiger partial charge in [0.2, 0.25) is 0 Å². The van der Waals surface area contributed by atoms with Gasteiger partial charge in [-0.25, -0.2) is 0 Å². The Labute approximate surface area is 123 Å². The van der Waals surface area contributed by atoms with E-state index >= 15 is 0 Å². The van der Waals surface area contributed by atoms with Crippen LogP contribution in [0, 0.1) is 0 Å². The lowest BCUT2D eigenvalue weighted by Gasteiger charge is -2.11. The molecule has 0 fully saturated rings. The fraction of sp³-hybridized carbons (Fsp3) is 0.176. The highest BCUT2D eigenvalue weighted by molar-refractivity contribution is 5.83. The first kappa shape index (κ1) is 13.4. The van der Waals surface area contributed by atoms with Crippen molar-refractivity contribution in [3.8, 4) is 11.5 Å². The summed E-state index contributed by atoms with van der Waals surface area (Å²) >= 11 is 0. The average molecular weight is 282 g/mol. The third-order valence-electron chi connectivity index (χ3n) is 3.46. The van der Waals surface area contributed by atoms with E-state index < -0.39 is 0 Å². The Morgan fingerprint density at radius 1 is 1.05 bits per heavy atom. The van der Waals surface area contributed by atoms with Crippen LogP contribution in [0.4, 0.5) is 5.69 Å². The van der Waals surface area contributed by atoms with Crippen molar-refractivity contribution >= 4 is 16.6 Å². The molecule has 21 heavy (non-hydrogen) atoms. The highest BCUT2D eigenvalue weighted by atomic mass is 16.5. The zero-order valence-corrected chi connectivity index (χ0v) is 12.0. The van der Waals surface area contributed by atoms with Gasteiger partial charge in [0, 0.05) is 11.9 Å². The van der Waals surface area contributed by atoms with Crippen LogP contribution in [0.25, 0.3) is 10.9 Å². The number of hydrogen-bond acceptors (Lipinski definition) is 3. The minimum Gasteiger partial charge on any atom is -0.493 e. The Balaban J connectivity index is 1.71. The Bertz CT molecular complexity index is 749. The standard InChI is InChI=1S/C17H18N2O2/c1-20-16-4-2-3-5-17(16)21-11-10-19-9-8-13-6-7-14(18)12-15(13)19/h2-9,12H,10-11,18H2,1H3. The quantitative estimate of drug-likeness (QED) is 0.730. The summed E-state index contributed by atoms with van der Waals surface area (Å²) in [6, 6.07) is 15.7. The molecule has 3 aromatic rings. The lowest BCUT2D eigenvalue weighted by Crippen LogP contribution is -2.07. The summed E-state index contributed by atoms with van der Waals surface area (Å²) in [5.74, 6) is 1.51. The summed E-state index contributed by atoms with van der Waals surface area (Å²) in [7, 11) is 1.64. The minimum absolute atomic E-state index is 0.568. The summed E-state index contributed by atoms with van der Waals surface area (Å²) in [6.45, 7) is 1.32. The summed E-state index contributed by atoms with van der Waals surface area (Å²) in [5, 5.41) is 1.18. The van der Waals surface area contributed by atoms with Crippen LogP contribution in [0.15, 0.2) is 54.7 Å². The fourth-order valence-corrected chi connectivity index (χ4v) is 2.39. The SMILES string of the molecule is COc1ccccc1OCCn1ccc2ccc(N)cc21. The second-order valence-electron chi connectivity index (χ2n) is 4.83. The van der Waals surface area contributed by atoms with Gasteiger partial charge in [-0.2, -0.15) is 0 Å². The van der Waals surface area contributed by atoms with Gasteiger partial charge >= 0.3 is 0 Å². The van der Waals surface area contributed by atoms with Gasteiger partial charge in [0.25, 0.3) is 0 Å². The van der Waals surface area contributed by atoms with E-state index in [1.54, 1.807) is 7.11 Å². The number of rotatable bonds is 5. The number of benzene rings is 2. The number of ether oxygens (including phenoxy) is 2. The molecule has 3 rings (SSSR count). The molecule has 1 heterocycles. The van der Waals surface area contributed by atoms with E-state index in [0.717, 1.165) is 29.2 Å². The van der Waals surface area contributed by atoms with Gasteiger partial charge in [0.15, 0.2) is 11.5 Å². The van der Waals surface area contributed by atoms with Gasteiger partial charge in [-0.1, -0.05) is 18.2 Å². The Hall–Kier alpha value is -2.62. The lowest BCUT2D eigenvalue weighted by molar-refractivity contribution is 0.281. The van der Waals surface area contributed by atoms with Crippen LogP contribution < -0.4 is 15.2 Å². The molecule has 0 radical (unpaired) electrons. The number of aromatic nitrogens is 1. The molecule has 0 amide bonds. The average Bonchev–Trinajstić information content (AvgIpc) is 2.90. The number of nitrogen functional groups attached to an aromatic ring is 1. The van der Waals surface area contributed by atoms with Crippen LogP contribution in [0.1, 0.15) is 0 Å². The van der Waals surface area contributed by atoms with Crippen molar-refractivity contribution in [2.45, 2.75) is 6.54 Å². The molecule has 0 saturated carbocycles. The highest BCUT2D eigenvalue weighted by Crippen LogP contribution is 2.26. The molecular weight excluding hydrogens is 264 g/mol. The number of nitrogens with two attached hydrogens (primary N) is 1. The molecule has 1 aromatic heterocycles. The first-order chi connectivity index (χ1) is 10.3. The first-order valence-corrected chi connectivity index (χ1v) is 6.88. The van der Waals surface area contributed by atoms with Crippen LogP contribution in [0.3, 0.4) is 0 Å². The molecule has 0 aliphatic carbocycles. The van der Waals surface area contributed by atoms with E-state index in [1.165, 1.54) is 5.39 Å². The monoisotopic (exact) mass is 282 g/mol. The van der Waals surface area contributed by atoms with Crippen molar-refractivity contribution in [3.63, 3.8) is 0 Å². The molecule has 0 atom stereocenters. The maximum absolute atomic E-state index is 5.85. The third-order valence-corrected chi connectivity index (χ3v) is 3.46. The zero-order chi connectivity index (χ0) is 14.7. The smallest absolute Gasteiger partial charge is 0.161 e. The molecule has 0 unspecified atom stereocenters. The minimum atomic E-state index is 0.568. The third kappa shape index (κ3) is 2.79. The molecule has 0 aliphatic rings. The maximum atomic E-state index is 5.85. The predicted molar refractivity (Wildman–Crippen MR) is 84.8 cm³/mol. The molecule has 0 bridgehead atoms. The molecule has 0 spiro atoms. The van der Waals surface area contributed by atoms with Crippen molar-refractivity contribution in [2.24, 2.45) is 0 Å². The van der Waals surface area contributed by atoms with Gasteiger partial charge in [0.1, 0.15) is 6.61 Å². The number of para-hydroxylation sites is 2. The number of nitrogens with zero attached hydrogens (tertiary/aromatic N) is 1. The topological polar surface area (TPSA) is 49.4 Å². The van der Waals surface area contributed by atoms with Gasteiger partial charge in [-0.15, -0.1) is 0 Å². The fourth-order valence-electron chi connectivity index (χ4n) is 2.39. The van der Waals surface area contributed by atoms with Crippen LogP contribution in [-0.4, -0.2) is 18.3 Å². The van der Waals surface area contributed by atoms with E-state index in [-0.39, 0.29) is 0 Å². The number of fused-ring (bicyclic) bond motifs is 1. The van der Waals surface area contributed by atoms with E-state index in [1.807, 2.05) is 42.5 Å². The van der Waals surface area contributed by atoms with E-state index in [2.05, 4.69) is 16.8 Å². The van der Waals surface area contributed by atoms with Crippen LogP contribution in [0.2, 0.25) is 0 Å². The van der Waals surface area contributed by atoms with Gasteiger partial charge < -0.3 is 19.8 Å². The Morgan fingerprint density at radius 3 is 2.67 bits per heavy atom. The van der Waals surface area contributed by atoms with Gasteiger partial charge in [-0.3, -0.25) is 0 Å². The van der Waals surface area contributed by atoms with Crippen molar-refractivity contribution in [1.29, 1.82) is 0 Å². The van der Waals surface area contributed by atoms with Gasteiger partial charge in [0.05, 0.1) is 19.2 Å². The number of anilines is 1. The van der Waals surface area contributed by atoms with Crippen molar-refractivity contribution in [3.05, 3.63) is 54.7 Å². The molecule has 0 aliphatic heterocycles. The molecule has 2 N–H and O–H groups in total. The molecular formula is C17H18N2O2. The number of methoxy groups -OCH3 is 1. The second kappa shape index (κ2) is 5.79. The molecule has 0 saturated heterocycles. The summed E-state index contributed by atoms with van der Waals surface area (Å²) in [6.07, 6.45) is 2.05. The van der Waals surface area contributed by atoms with Crippen molar-refractivity contribution in [2.75, 3.05) is 19.5 Å². The predicted octanol–water partition coefficient (Wildman–Crippen LogP) is 3.31. The van der Waals surface area contributed by atoms with Crippen molar-refractivity contribution in [1.82, 2.24) is 4.57 Å². The summed E-state index contributed by atoms with van der Waals surface area (Å²) in [4.78, 5) is 0. The second-order valence-corrected chi connectivity index (χ2v) is 4.83. The van der Waals surface area contributed by atoms with E-state index in [9.17, 15) is 0 Å². The van der Waals surface area contributed by atoms with Crippen LogP contribution in [-0.2, 0) is 6.54 Å². The maximum Gasteiger partial charge on any atom is 0.161 e. The Kier molecular flexibility index (Phi) is 3.69. The zero-order valence-electron chi connectivity index (χ0n) is 12.0. The normalized spacial score (nSPS) is 10.7. The molecule has 108 valence electrons. The summed E-state index contributed by atoms with van der Waals surface area (Å²) < 4.78 is 13.2. The van der Waals surface area contributed by atoms with E-state index in [0.29, 0.717) is 6.61 Å². The first-order valence-electron chi connectivity index (χ1n) is 6.88. The number of hydrogen-bond donors (Lipinski definition) is 1. The van der Waals surface area contributed by atoms with Crippen LogP contribution in [0.5, 0.6) is 11.5 Å². The van der Waals surface area contributed by atoms with Gasteiger partial charge in [-0.05, 0) is 35.7 Å². The van der Waals surface area contributed by atoms with Crippen molar-refractivity contribution < 1.29 is 9.47 Å². The molecule has 2 aromatic carbocycles. The van der Waals surface area contributed by atoms with Crippen LogP contribution >= 0.6 is 0 Å². The lowest BCUT2D eigenvalue weighted by atomic mass is 10.2. The van der Waals surface area contributed by atoms with E-state index in [4.69, 9.17) is 15.2 Å². The molecule has 4 nitrogen and oxygen atoms in total. The Morgan fingerprint density at radius 2 is 1.86 bits per heavy atom. The molecule has 4 heteroatoms.